The largest absolute Gasteiger partial charge is 0.495 e. The van der Waals surface area contributed by atoms with Crippen LogP contribution in [-0.2, 0) is 0 Å². The molecule has 0 radical (unpaired) electrons. The number of anilines is 3. The summed E-state index contributed by atoms with van der Waals surface area (Å²) in [6.45, 7) is 4.16. The maximum atomic E-state index is 12.6. The fraction of sp³-hybridized carbons (Fsp3) is 0.136. The predicted molar refractivity (Wildman–Crippen MR) is 118 cm³/mol. The molecule has 4 rings (SSSR count). The number of methoxy groups -OCH3 is 1. The lowest BCUT2D eigenvalue weighted by Crippen LogP contribution is -2.12. The summed E-state index contributed by atoms with van der Waals surface area (Å²) in [6.07, 6.45) is 1.56. The summed E-state index contributed by atoms with van der Waals surface area (Å²) >= 11 is 1.66. The number of para-hydroxylation sites is 2. The topological polar surface area (TPSA) is 76.1 Å². The number of amides is 1. The fourth-order valence-electron chi connectivity index (χ4n) is 3.06. The maximum Gasteiger partial charge on any atom is 0.255 e. The third kappa shape index (κ3) is 3.77. The monoisotopic (exact) mass is 404 g/mol. The molecule has 29 heavy (non-hydrogen) atoms. The fourth-order valence-corrected chi connectivity index (χ4v) is 4.06. The van der Waals surface area contributed by atoms with Crippen molar-refractivity contribution < 1.29 is 9.53 Å². The Labute approximate surface area is 172 Å². The van der Waals surface area contributed by atoms with Gasteiger partial charge in [-0.15, -0.1) is 11.3 Å². The third-order valence-corrected chi connectivity index (χ3v) is 5.85. The van der Waals surface area contributed by atoms with Crippen LogP contribution < -0.4 is 15.4 Å². The van der Waals surface area contributed by atoms with Gasteiger partial charge in [-0.25, -0.2) is 9.97 Å². The number of nitrogens with one attached hydrogen (secondary N) is 2. The first-order chi connectivity index (χ1) is 14.1. The minimum absolute atomic E-state index is 0.199. The van der Waals surface area contributed by atoms with Crippen LogP contribution in [0.2, 0.25) is 0 Å². The van der Waals surface area contributed by atoms with Gasteiger partial charge in [0.25, 0.3) is 5.91 Å². The molecule has 6 nitrogen and oxygen atoms in total. The number of ether oxygens (including phenoxy) is 1. The zero-order valence-corrected chi connectivity index (χ0v) is 17.1. The smallest absolute Gasteiger partial charge is 0.255 e. The van der Waals surface area contributed by atoms with Gasteiger partial charge in [0, 0.05) is 16.1 Å². The summed E-state index contributed by atoms with van der Waals surface area (Å²) in [4.78, 5) is 23.5. The molecule has 2 heterocycles. The number of carbonyl (C=O) groups excluding carboxylic acids is 1. The normalized spacial score (nSPS) is 10.7. The van der Waals surface area contributed by atoms with Crippen molar-refractivity contribution in [2.45, 2.75) is 13.8 Å². The number of hydrogen-bond acceptors (Lipinski definition) is 6. The van der Waals surface area contributed by atoms with Crippen LogP contribution in [0.3, 0.4) is 0 Å². The Hall–Kier alpha value is -3.45. The number of fused-ring (bicyclic) bond motifs is 1. The molecular weight excluding hydrogens is 384 g/mol. The van der Waals surface area contributed by atoms with Crippen LogP contribution in [0.4, 0.5) is 17.2 Å². The molecule has 0 spiro atoms. The van der Waals surface area contributed by atoms with Crippen molar-refractivity contribution in [1.29, 1.82) is 0 Å². The Bertz CT molecular complexity index is 1190. The molecule has 0 unspecified atom stereocenters. The maximum absolute atomic E-state index is 12.6. The van der Waals surface area contributed by atoms with E-state index in [1.807, 2.05) is 24.3 Å². The Morgan fingerprint density at radius 1 is 1.03 bits per heavy atom. The number of thiophene rings is 1. The van der Waals surface area contributed by atoms with E-state index in [0.717, 1.165) is 21.7 Å². The second-order valence-electron chi connectivity index (χ2n) is 6.54. The standard InChI is InChI=1S/C22H20N4O2S/c1-13-14(2)29-22-19(13)20(23-12-24-22)25-16-10-8-15(9-11-16)21(27)26-17-6-4-5-7-18(17)28-3/h4-12H,1-3H3,(H,26,27)(H,23,24,25). The van der Waals surface area contributed by atoms with E-state index < -0.39 is 0 Å². The number of aryl methyl sites for hydroxylation is 2. The highest BCUT2D eigenvalue weighted by Gasteiger charge is 2.13. The highest BCUT2D eigenvalue weighted by molar-refractivity contribution is 7.18. The summed E-state index contributed by atoms with van der Waals surface area (Å²) in [7, 11) is 1.58. The van der Waals surface area contributed by atoms with E-state index in [9.17, 15) is 4.79 Å². The predicted octanol–water partition coefficient (Wildman–Crippen LogP) is 5.31. The van der Waals surface area contributed by atoms with Crippen molar-refractivity contribution in [2.75, 3.05) is 17.7 Å². The van der Waals surface area contributed by atoms with Gasteiger partial charge in [0.2, 0.25) is 0 Å². The van der Waals surface area contributed by atoms with Crippen LogP contribution >= 0.6 is 11.3 Å². The quantitative estimate of drug-likeness (QED) is 0.471. The summed E-state index contributed by atoms with van der Waals surface area (Å²) in [6, 6.07) is 14.6. The Morgan fingerprint density at radius 2 is 1.79 bits per heavy atom. The molecule has 0 fully saturated rings. The molecule has 0 aliphatic heterocycles. The minimum atomic E-state index is -0.199. The van der Waals surface area contributed by atoms with E-state index in [-0.39, 0.29) is 5.91 Å². The summed E-state index contributed by atoms with van der Waals surface area (Å²) in [5, 5.41) is 7.25. The molecule has 146 valence electrons. The number of rotatable bonds is 5. The molecule has 0 saturated carbocycles. The zero-order valence-electron chi connectivity index (χ0n) is 16.3. The molecular formula is C22H20N4O2S. The Morgan fingerprint density at radius 3 is 2.55 bits per heavy atom. The molecule has 1 amide bonds. The second kappa shape index (κ2) is 7.89. The van der Waals surface area contributed by atoms with E-state index in [1.54, 1.807) is 49.0 Å². The van der Waals surface area contributed by atoms with Gasteiger partial charge in [0.1, 0.15) is 22.7 Å². The average molecular weight is 404 g/mol. The molecule has 0 aliphatic carbocycles. The lowest BCUT2D eigenvalue weighted by atomic mass is 10.1. The number of nitrogens with zero attached hydrogens (tertiary/aromatic N) is 2. The summed E-state index contributed by atoms with van der Waals surface area (Å²) < 4.78 is 5.28. The number of benzene rings is 2. The van der Waals surface area contributed by atoms with Crippen LogP contribution in [-0.4, -0.2) is 23.0 Å². The van der Waals surface area contributed by atoms with Crippen LogP contribution in [0.15, 0.2) is 54.9 Å². The van der Waals surface area contributed by atoms with Gasteiger partial charge in [-0.2, -0.15) is 0 Å². The van der Waals surface area contributed by atoms with Crippen molar-refractivity contribution in [1.82, 2.24) is 9.97 Å². The van der Waals surface area contributed by atoms with Gasteiger partial charge in [0.15, 0.2) is 0 Å². The Balaban J connectivity index is 1.53. The van der Waals surface area contributed by atoms with Gasteiger partial charge in [-0.3, -0.25) is 4.79 Å². The van der Waals surface area contributed by atoms with Crippen LogP contribution in [0, 0.1) is 13.8 Å². The van der Waals surface area contributed by atoms with Gasteiger partial charge >= 0.3 is 0 Å². The average Bonchev–Trinajstić information content (AvgIpc) is 3.03. The number of carbonyl (C=O) groups is 1. The molecule has 2 N–H and O–H groups in total. The molecule has 2 aromatic carbocycles. The molecule has 7 heteroatoms. The van der Waals surface area contributed by atoms with Crippen LogP contribution in [0.1, 0.15) is 20.8 Å². The molecule has 0 aliphatic rings. The van der Waals surface area contributed by atoms with Crippen LogP contribution in [0.25, 0.3) is 10.2 Å². The number of hydrogen-bond donors (Lipinski definition) is 2. The van der Waals surface area contributed by atoms with Crippen LogP contribution in [0.5, 0.6) is 5.75 Å². The van der Waals surface area contributed by atoms with Gasteiger partial charge in [-0.1, -0.05) is 12.1 Å². The first kappa shape index (κ1) is 18.9. The third-order valence-electron chi connectivity index (χ3n) is 4.73. The van der Waals surface area contributed by atoms with Gasteiger partial charge in [-0.05, 0) is 55.8 Å². The molecule has 4 aromatic rings. The molecule has 0 bridgehead atoms. The second-order valence-corrected chi connectivity index (χ2v) is 7.75. The number of aromatic nitrogens is 2. The molecule has 0 atom stereocenters. The van der Waals surface area contributed by atoms with Crippen molar-refractivity contribution >= 4 is 44.7 Å². The van der Waals surface area contributed by atoms with E-state index in [0.29, 0.717) is 17.0 Å². The van der Waals surface area contributed by atoms with Crippen molar-refractivity contribution in [3.63, 3.8) is 0 Å². The van der Waals surface area contributed by atoms with Gasteiger partial charge < -0.3 is 15.4 Å². The lowest BCUT2D eigenvalue weighted by molar-refractivity contribution is 0.102. The first-order valence-corrected chi connectivity index (χ1v) is 9.90. The summed E-state index contributed by atoms with van der Waals surface area (Å²) in [5.41, 5.74) is 3.22. The van der Waals surface area contributed by atoms with Crippen molar-refractivity contribution in [3.8, 4) is 5.75 Å². The van der Waals surface area contributed by atoms with Crippen molar-refractivity contribution in [3.05, 3.63) is 70.9 Å². The molecule has 2 aromatic heterocycles. The minimum Gasteiger partial charge on any atom is -0.495 e. The highest BCUT2D eigenvalue weighted by atomic mass is 32.1. The first-order valence-electron chi connectivity index (χ1n) is 9.09. The van der Waals surface area contributed by atoms with Crippen molar-refractivity contribution in [2.24, 2.45) is 0 Å². The van der Waals surface area contributed by atoms with E-state index in [1.165, 1.54) is 10.4 Å². The Kier molecular flexibility index (Phi) is 5.14. The van der Waals surface area contributed by atoms with E-state index in [4.69, 9.17) is 4.74 Å². The van der Waals surface area contributed by atoms with E-state index >= 15 is 0 Å². The zero-order chi connectivity index (χ0) is 20.4. The summed E-state index contributed by atoms with van der Waals surface area (Å²) in [5.74, 6) is 1.19. The van der Waals surface area contributed by atoms with Gasteiger partial charge in [0.05, 0.1) is 18.2 Å². The van der Waals surface area contributed by atoms with E-state index in [2.05, 4.69) is 34.4 Å². The lowest BCUT2D eigenvalue weighted by Gasteiger charge is -2.11. The highest BCUT2D eigenvalue weighted by Crippen LogP contribution is 2.33. The molecule has 0 saturated heterocycles. The SMILES string of the molecule is COc1ccccc1NC(=O)c1ccc(Nc2ncnc3sc(C)c(C)c23)cc1.